The smallest absolute Gasteiger partial charge is 0.263 e. The minimum absolute atomic E-state index is 0.0651. The molecule has 2 heterocycles. The Hall–Kier alpha value is -3.25. The maximum atomic E-state index is 12.0. The van der Waals surface area contributed by atoms with Gasteiger partial charge in [-0.15, -0.1) is 11.3 Å². The zero-order valence-electron chi connectivity index (χ0n) is 14.7. The van der Waals surface area contributed by atoms with Crippen molar-refractivity contribution in [2.75, 3.05) is 11.9 Å². The minimum Gasteiger partial charge on any atom is -0.484 e. The van der Waals surface area contributed by atoms with Crippen LogP contribution in [-0.2, 0) is 4.79 Å². The molecular formula is C21H17N3O2S. The molecule has 4 rings (SSSR count). The summed E-state index contributed by atoms with van der Waals surface area (Å²) in [5.41, 5.74) is 3.04. The number of aromatic nitrogens is 2. The molecule has 1 N–H and O–H groups in total. The lowest BCUT2D eigenvalue weighted by atomic mass is 10.2. The van der Waals surface area contributed by atoms with E-state index in [0.29, 0.717) is 11.6 Å². The van der Waals surface area contributed by atoms with Crippen LogP contribution in [0.15, 0.2) is 66.9 Å². The molecule has 5 nitrogen and oxygen atoms in total. The lowest BCUT2D eigenvalue weighted by Gasteiger charge is -2.07. The van der Waals surface area contributed by atoms with Gasteiger partial charge in [0.25, 0.3) is 5.91 Å². The summed E-state index contributed by atoms with van der Waals surface area (Å²) in [6.45, 7) is 1.94. The summed E-state index contributed by atoms with van der Waals surface area (Å²) in [6.07, 6.45) is 1.72. The van der Waals surface area contributed by atoms with Crippen LogP contribution in [-0.4, -0.2) is 22.5 Å². The number of carbonyl (C=O) groups excluding carboxylic acids is 1. The van der Waals surface area contributed by atoms with Gasteiger partial charge in [-0.3, -0.25) is 4.79 Å². The van der Waals surface area contributed by atoms with Gasteiger partial charge in [0.15, 0.2) is 6.61 Å². The van der Waals surface area contributed by atoms with Gasteiger partial charge < -0.3 is 10.1 Å². The number of aryl methyl sites for hydroxylation is 1. The fourth-order valence-corrected chi connectivity index (χ4v) is 3.51. The average molecular weight is 375 g/mol. The number of pyridine rings is 1. The molecule has 134 valence electrons. The van der Waals surface area contributed by atoms with E-state index in [1.807, 2.05) is 61.5 Å². The van der Waals surface area contributed by atoms with Crippen LogP contribution in [0.1, 0.15) is 5.56 Å². The monoisotopic (exact) mass is 375 g/mol. The summed E-state index contributed by atoms with van der Waals surface area (Å²) in [7, 11) is 0. The lowest BCUT2D eigenvalue weighted by Crippen LogP contribution is -2.20. The number of anilines is 1. The van der Waals surface area contributed by atoms with Crippen LogP contribution < -0.4 is 10.1 Å². The molecule has 6 heteroatoms. The van der Waals surface area contributed by atoms with E-state index in [9.17, 15) is 4.79 Å². The number of nitrogens with one attached hydrogen (secondary N) is 1. The molecule has 0 saturated heterocycles. The molecule has 0 aliphatic heterocycles. The molecule has 0 radical (unpaired) electrons. The van der Waals surface area contributed by atoms with Crippen LogP contribution in [0.5, 0.6) is 5.75 Å². The van der Waals surface area contributed by atoms with Crippen LogP contribution in [0, 0.1) is 6.92 Å². The molecule has 1 amide bonds. The summed E-state index contributed by atoms with van der Waals surface area (Å²) >= 11 is 1.62. The molecule has 0 atom stereocenters. The number of rotatable bonds is 5. The first kappa shape index (κ1) is 17.2. The number of hydrogen-bond acceptors (Lipinski definition) is 5. The molecule has 27 heavy (non-hydrogen) atoms. The second-order valence-electron chi connectivity index (χ2n) is 6.07. The minimum atomic E-state index is -0.254. The van der Waals surface area contributed by atoms with Crippen molar-refractivity contribution in [1.29, 1.82) is 0 Å². The van der Waals surface area contributed by atoms with E-state index in [1.165, 1.54) is 0 Å². The predicted octanol–water partition coefficient (Wildman–Crippen LogP) is 4.68. The van der Waals surface area contributed by atoms with Crippen LogP contribution in [0.3, 0.4) is 0 Å². The molecular weight excluding hydrogens is 358 g/mol. The number of fused-ring (bicyclic) bond motifs is 1. The van der Waals surface area contributed by atoms with Crippen molar-refractivity contribution < 1.29 is 9.53 Å². The lowest BCUT2D eigenvalue weighted by molar-refractivity contribution is -0.118. The van der Waals surface area contributed by atoms with Crippen molar-refractivity contribution >= 4 is 33.3 Å². The van der Waals surface area contributed by atoms with Crippen molar-refractivity contribution in [2.24, 2.45) is 0 Å². The standard InChI is InChI=1S/C21H17N3O2S/c1-14-6-9-16(10-7-14)26-13-20(25)24-19-11-8-15(12-22-19)21-23-17-4-2-3-5-18(17)27-21/h2-12H,13H2,1H3,(H,22,24,25). The fraction of sp³-hybridized carbons (Fsp3) is 0.0952. The van der Waals surface area contributed by atoms with Gasteiger partial charge in [-0.2, -0.15) is 0 Å². The quantitative estimate of drug-likeness (QED) is 0.550. The zero-order chi connectivity index (χ0) is 18.6. The fourth-order valence-electron chi connectivity index (χ4n) is 2.55. The van der Waals surface area contributed by atoms with Gasteiger partial charge >= 0.3 is 0 Å². The number of nitrogens with zero attached hydrogens (tertiary/aromatic N) is 2. The number of amides is 1. The highest BCUT2D eigenvalue weighted by molar-refractivity contribution is 7.21. The molecule has 0 aliphatic rings. The Kier molecular flexibility index (Phi) is 4.80. The summed E-state index contributed by atoms with van der Waals surface area (Å²) < 4.78 is 6.61. The molecule has 0 spiro atoms. The Morgan fingerprint density at radius 2 is 1.89 bits per heavy atom. The van der Waals surface area contributed by atoms with E-state index < -0.39 is 0 Å². The number of para-hydroxylation sites is 1. The Bertz CT molecular complexity index is 1040. The van der Waals surface area contributed by atoms with E-state index >= 15 is 0 Å². The van der Waals surface area contributed by atoms with Gasteiger partial charge in [-0.25, -0.2) is 9.97 Å². The van der Waals surface area contributed by atoms with Gasteiger partial charge in [-0.05, 0) is 43.3 Å². The molecule has 2 aromatic carbocycles. The van der Waals surface area contributed by atoms with Crippen LogP contribution in [0.4, 0.5) is 5.82 Å². The first-order valence-corrected chi connectivity index (χ1v) is 9.30. The summed E-state index contributed by atoms with van der Waals surface area (Å²) in [6, 6.07) is 19.2. The highest BCUT2D eigenvalue weighted by atomic mass is 32.1. The molecule has 4 aromatic rings. The van der Waals surface area contributed by atoms with Crippen molar-refractivity contribution in [1.82, 2.24) is 9.97 Å². The maximum Gasteiger partial charge on any atom is 0.263 e. The number of thiazole rings is 1. The summed E-state index contributed by atoms with van der Waals surface area (Å²) in [4.78, 5) is 21.0. The van der Waals surface area contributed by atoms with Gasteiger partial charge in [0, 0.05) is 11.8 Å². The Balaban J connectivity index is 1.38. The third-order valence-electron chi connectivity index (χ3n) is 3.96. The third-order valence-corrected chi connectivity index (χ3v) is 5.05. The number of benzene rings is 2. The van der Waals surface area contributed by atoms with Crippen molar-refractivity contribution in [3.63, 3.8) is 0 Å². The van der Waals surface area contributed by atoms with Gasteiger partial charge in [-0.1, -0.05) is 29.8 Å². The normalized spacial score (nSPS) is 10.7. The zero-order valence-corrected chi connectivity index (χ0v) is 15.5. The van der Waals surface area contributed by atoms with E-state index in [2.05, 4.69) is 15.3 Å². The highest BCUT2D eigenvalue weighted by Gasteiger charge is 2.08. The van der Waals surface area contributed by atoms with Crippen molar-refractivity contribution in [3.8, 4) is 16.3 Å². The highest BCUT2D eigenvalue weighted by Crippen LogP contribution is 2.29. The number of carbonyl (C=O) groups is 1. The topological polar surface area (TPSA) is 64.1 Å². The van der Waals surface area contributed by atoms with E-state index in [0.717, 1.165) is 26.4 Å². The Morgan fingerprint density at radius 3 is 2.63 bits per heavy atom. The molecule has 0 aliphatic carbocycles. The van der Waals surface area contributed by atoms with Crippen LogP contribution in [0.25, 0.3) is 20.8 Å². The first-order chi connectivity index (χ1) is 13.2. The van der Waals surface area contributed by atoms with Gasteiger partial charge in [0.05, 0.1) is 10.2 Å². The van der Waals surface area contributed by atoms with E-state index in [4.69, 9.17) is 4.74 Å². The molecule has 0 unspecified atom stereocenters. The van der Waals surface area contributed by atoms with Gasteiger partial charge in [0.2, 0.25) is 0 Å². The van der Waals surface area contributed by atoms with Crippen molar-refractivity contribution in [2.45, 2.75) is 6.92 Å². The molecule has 2 aromatic heterocycles. The predicted molar refractivity (Wildman–Crippen MR) is 108 cm³/mol. The van der Waals surface area contributed by atoms with Crippen LogP contribution in [0.2, 0.25) is 0 Å². The van der Waals surface area contributed by atoms with Gasteiger partial charge in [0.1, 0.15) is 16.6 Å². The first-order valence-electron chi connectivity index (χ1n) is 8.49. The Morgan fingerprint density at radius 1 is 1.07 bits per heavy atom. The molecule has 0 saturated carbocycles. The second kappa shape index (κ2) is 7.55. The number of hydrogen-bond donors (Lipinski definition) is 1. The second-order valence-corrected chi connectivity index (χ2v) is 7.10. The third kappa shape index (κ3) is 4.12. The SMILES string of the molecule is Cc1ccc(OCC(=O)Nc2ccc(-c3nc4ccccc4s3)cn2)cc1. The average Bonchev–Trinajstić information content (AvgIpc) is 3.12. The van der Waals surface area contributed by atoms with Crippen molar-refractivity contribution in [3.05, 3.63) is 72.4 Å². The molecule has 0 fully saturated rings. The summed E-state index contributed by atoms with van der Waals surface area (Å²) in [5, 5.41) is 3.64. The summed E-state index contributed by atoms with van der Waals surface area (Å²) in [5.74, 6) is 0.892. The largest absolute Gasteiger partial charge is 0.484 e. The molecule has 0 bridgehead atoms. The van der Waals surface area contributed by atoms with Crippen LogP contribution >= 0.6 is 11.3 Å². The van der Waals surface area contributed by atoms with E-state index in [-0.39, 0.29) is 12.5 Å². The number of ether oxygens (including phenoxy) is 1. The maximum absolute atomic E-state index is 12.0. The van der Waals surface area contributed by atoms with E-state index in [1.54, 1.807) is 23.6 Å². The Labute approximate surface area is 160 Å².